The molecule has 2 rings (SSSR count). The van der Waals surface area contributed by atoms with E-state index in [1.165, 1.54) is 41.6 Å². The monoisotopic (exact) mass is 497 g/mol. The van der Waals surface area contributed by atoms with Gasteiger partial charge in [0.1, 0.15) is 5.75 Å². The number of hydrogen-bond acceptors (Lipinski definition) is 7. The fourth-order valence-corrected chi connectivity index (χ4v) is 5.42. The minimum atomic E-state index is -3.77. The van der Waals surface area contributed by atoms with E-state index in [1.807, 2.05) is 0 Å². The highest BCUT2D eigenvalue weighted by Crippen LogP contribution is 2.26. The van der Waals surface area contributed by atoms with Crippen LogP contribution in [0.4, 0.5) is 0 Å². The van der Waals surface area contributed by atoms with E-state index in [2.05, 4.69) is 0 Å². The Morgan fingerprint density at radius 2 is 1.71 bits per heavy atom. The fourth-order valence-electron chi connectivity index (χ4n) is 3.93. The summed E-state index contributed by atoms with van der Waals surface area (Å²) in [5.74, 6) is -1.01. The molecule has 0 spiro atoms. The summed E-state index contributed by atoms with van der Waals surface area (Å²) in [5, 5.41) is 0. The summed E-state index contributed by atoms with van der Waals surface area (Å²) in [6.07, 6.45) is 1.03. The Morgan fingerprint density at radius 1 is 1.09 bits per heavy atom. The van der Waals surface area contributed by atoms with Gasteiger partial charge in [-0.2, -0.15) is 4.31 Å². The average Bonchev–Trinajstić information content (AvgIpc) is 2.83. The van der Waals surface area contributed by atoms with Gasteiger partial charge in [-0.05, 0) is 38.0 Å². The molecule has 2 amide bonds. The van der Waals surface area contributed by atoms with E-state index in [0.717, 1.165) is 0 Å². The van der Waals surface area contributed by atoms with E-state index >= 15 is 0 Å². The number of ether oxygens (including phenoxy) is 2. The number of likely N-dealkylation sites (tertiary alicyclic amines) is 1. The predicted octanol–water partition coefficient (Wildman–Crippen LogP) is 1.60. The van der Waals surface area contributed by atoms with Gasteiger partial charge in [-0.15, -0.1) is 0 Å². The lowest BCUT2D eigenvalue weighted by Crippen LogP contribution is -2.45. The van der Waals surface area contributed by atoms with Crippen molar-refractivity contribution in [3.8, 4) is 5.75 Å². The minimum absolute atomic E-state index is 0.0129. The average molecular weight is 498 g/mol. The molecule has 0 aromatic heterocycles. The maximum absolute atomic E-state index is 13.1. The molecule has 0 N–H and O–H groups in total. The number of rotatable bonds is 10. The smallest absolute Gasteiger partial charge is 0.309 e. The topological polar surface area (TPSA) is 114 Å². The molecule has 0 unspecified atom stereocenters. The van der Waals surface area contributed by atoms with Crippen LogP contribution >= 0.6 is 0 Å². The van der Waals surface area contributed by atoms with Crippen molar-refractivity contribution in [3.63, 3.8) is 0 Å². The van der Waals surface area contributed by atoms with Gasteiger partial charge in [-0.1, -0.05) is 13.8 Å². The highest BCUT2D eigenvalue weighted by Gasteiger charge is 2.30. The lowest BCUT2D eigenvalue weighted by molar-refractivity contribution is -0.151. The zero-order chi connectivity index (χ0) is 25.5. The molecule has 1 fully saturated rings. The Balaban J connectivity index is 2.13. The lowest BCUT2D eigenvalue weighted by Gasteiger charge is -2.32. The molecule has 1 aliphatic rings. The fraction of sp³-hybridized carbons (Fsp3) is 0.609. The number of hydrogen-bond donors (Lipinski definition) is 0. The number of likely N-dealkylation sites (N-methyl/N-ethyl adjacent to an activating group) is 1. The number of piperidine rings is 1. The van der Waals surface area contributed by atoms with Crippen LogP contribution in [-0.2, 0) is 24.3 Å². The largest absolute Gasteiger partial charge is 0.496 e. The second kappa shape index (κ2) is 12.2. The Bertz CT molecular complexity index is 984. The molecule has 1 aromatic rings. The standard InChI is InChI=1S/C23H35N3O7S/c1-6-26(7-2)34(30,31)18-9-10-20(32-5)19(15-18)22(28)24(4)16-21(27)25-13-11-17(12-14-25)23(29)33-8-3/h9-10,15,17H,6-8,11-14,16H2,1-5H3. The molecule has 34 heavy (non-hydrogen) atoms. The Kier molecular flexibility index (Phi) is 9.87. The first kappa shape index (κ1) is 27.6. The SMILES string of the molecule is CCOC(=O)C1CCN(C(=O)CN(C)C(=O)c2cc(S(=O)(=O)N(CC)CC)ccc2OC)CC1. The Labute approximate surface area is 201 Å². The molecule has 0 saturated carbocycles. The van der Waals surface area contributed by atoms with Gasteiger partial charge in [0.25, 0.3) is 5.91 Å². The van der Waals surface area contributed by atoms with Crippen molar-refractivity contribution in [2.45, 2.75) is 38.5 Å². The first-order valence-electron chi connectivity index (χ1n) is 11.5. The zero-order valence-corrected chi connectivity index (χ0v) is 21.4. The van der Waals surface area contributed by atoms with Crippen LogP contribution in [0.1, 0.15) is 44.0 Å². The summed E-state index contributed by atoms with van der Waals surface area (Å²) in [6.45, 7) is 6.80. The number of nitrogens with zero attached hydrogens (tertiary/aromatic N) is 3. The summed E-state index contributed by atoms with van der Waals surface area (Å²) >= 11 is 0. The van der Waals surface area contributed by atoms with E-state index in [1.54, 1.807) is 25.7 Å². The predicted molar refractivity (Wildman–Crippen MR) is 126 cm³/mol. The van der Waals surface area contributed by atoms with Gasteiger partial charge in [0.15, 0.2) is 0 Å². The molecule has 0 radical (unpaired) electrons. The van der Waals surface area contributed by atoms with Crippen LogP contribution in [0.5, 0.6) is 5.75 Å². The Hall–Kier alpha value is -2.66. The van der Waals surface area contributed by atoms with Crippen molar-refractivity contribution in [1.82, 2.24) is 14.1 Å². The van der Waals surface area contributed by atoms with Crippen molar-refractivity contribution >= 4 is 27.8 Å². The third-order valence-corrected chi connectivity index (χ3v) is 7.98. The molecule has 11 heteroatoms. The van der Waals surface area contributed by atoms with Crippen LogP contribution in [0.15, 0.2) is 23.1 Å². The van der Waals surface area contributed by atoms with Crippen LogP contribution in [0.2, 0.25) is 0 Å². The van der Waals surface area contributed by atoms with Gasteiger partial charge in [0, 0.05) is 33.2 Å². The van der Waals surface area contributed by atoms with Gasteiger partial charge in [-0.25, -0.2) is 8.42 Å². The summed E-state index contributed by atoms with van der Waals surface area (Å²) in [4.78, 5) is 40.7. The summed E-state index contributed by atoms with van der Waals surface area (Å²) in [7, 11) is -0.895. The summed E-state index contributed by atoms with van der Waals surface area (Å²) in [5.41, 5.74) is 0.0621. The Morgan fingerprint density at radius 3 is 2.24 bits per heavy atom. The van der Waals surface area contributed by atoms with E-state index in [9.17, 15) is 22.8 Å². The maximum atomic E-state index is 13.1. The van der Waals surface area contributed by atoms with Crippen molar-refractivity contribution in [2.24, 2.45) is 5.92 Å². The molecule has 1 aliphatic heterocycles. The summed E-state index contributed by atoms with van der Waals surface area (Å²) in [6, 6.07) is 4.14. The molecule has 0 aliphatic carbocycles. The summed E-state index contributed by atoms with van der Waals surface area (Å²) < 4.78 is 37.4. The molecule has 0 atom stereocenters. The van der Waals surface area contributed by atoms with E-state index in [4.69, 9.17) is 9.47 Å². The number of amides is 2. The van der Waals surface area contributed by atoms with Gasteiger partial charge in [0.2, 0.25) is 15.9 Å². The number of methoxy groups -OCH3 is 1. The van der Waals surface area contributed by atoms with Crippen LogP contribution in [0.25, 0.3) is 0 Å². The third-order valence-electron chi connectivity index (χ3n) is 5.93. The molecule has 190 valence electrons. The number of carbonyl (C=O) groups is 3. The van der Waals surface area contributed by atoms with E-state index < -0.39 is 15.9 Å². The van der Waals surface area contributed by atoms with Crippen LogP contribution in [-0.4, -0.2) is 93.8 Å². The van der Waals surface area contributed by atoms with Crippen LogP contribution in [0, 0.1) is 5.92 Å². The number of benzene rings is 1. The zero-order valence-electron chi connectivity index (χ0n) is 20.6. The molecule has 1 saturated heterocycles. The lowest BCUT2D eigenvalue weighted by atomic mass is 9.97. The number of carbonyl (C=O) groups excluding carboxylic acids is 3. The molecular weight excluding hydrogens is 462 g/mol. The second-order valence-electron chi connectivity index (χ2n) is 8.02. The molecule has 1 aromatic carbocycles. The van der Waals surface area contributed by atoms with Crippen molar-refractivity contribution in [1.29, 1.82) is 0 Å². The first-order chi connectivity index (χ1) is 16.1. The minimum Gasteiger partial charge on any atom is -0.496 e. The van der Waals surface area contributed by atoms with Crippen molar-refractivity contribution in [3.05, 3.63) is 23.8 Å². The van der Waals surface area contributed by atoms with Crippen molar-refractivity contribution < 1.29 is 32.3 Å². The van der Waals surface area contributed by atoms with Gasteiger partial charge >= 0.3 is 5.97 Å². The van der Waals surface area contributed by atoms with Crippen molar-refractivity contribution in [2.75, 3.05) is 53.5 Å². The van der Waals surface area contributed by atoms with Gasteiger partial charge in [0.05, 0.1) is 36.6 Å². The van der Waals surface area contributed by atoms with Gasteiger partial charge in [-0.3, -0.25) is 14.4 Å². The molecule has 0 bridgehead atoms. The molecular formula is C23H35N3O7S. The number of sulfonamides is 1. The normalized spacial score (nSPS) is 14.7. The third kappa shape index (κ3) is 6.26. The second-order valence-corrected chi connectivity index (χ2v) is 9.96. The van der Waals surface area contributed by atoms with E-state index in [0.29, 0.717) is 45.6 Å². The molecule has 1 heterocycles. The highest BCUT2D eigenvalue weighted by atomic mass is 32.2. The van der Waals surface area contributed by atoms with Gasteiger partial charge < -0.3 is 19.3 Å². The van der Waals surface area contributed by atoms with E-state index in [-0.39, 0.29) is 40.5 Å². The highest BCUT2D eigenvalue weighted by molar-refractivity contribution is 7.89. The maximum Gasteiger partial charge on any atom is 0.309 e. The van der Waals surface area contributed by atoms with Crippen LogP contribution < -0.4 is 4.74 Å². The quantitative estimate of drug-likeness (QED) is 0.451. The van der Waals surface area contributed by atoms with Crippen LogP contribution in [0.3, 0.4) is 0 Å². The number of esters is 1. The first-order valence-corrected chi connectivity index (χ1v) is 12.9. The molecule has 10 nitrogen and oxygen atoms in total.